The van der Waals surface area contributed by atoms with E-state index in [-0.39, 0.29) is 32.8 Å². The highest BCUT2D eigenvalue weighted by molar-refractivity contribution is 6.74. The van der Waals surface area contributed by atoms with Gasteiger partial charge in [0.2, 0.25) is 0 Å². The number of ether oxygens (including phenoxy) is 1. The summed E-state index contributed by atoms with van der Waals surface area (Å²) in [5.41, 5.74) is -0.234. The van der Waals surface area contributed by atoms with Crippen molar-refractivity contribution in [2.75, 3.05) is 6.61 Å². The molecule has 0 unspecified atom stereocenters. The van der Waals surface area contributed by atoms with Crippen molar-refractivity contribution >= 4 is 16.6 Å². The molecule has 1 saturated heterocycles. The predicted octanol–water partition coefficient (Wildman–Crippen LogP) is 6.75. The molecule has 3 nitrogen and oxygen atoms in total. The van der Waals surface area contributed by atoms with Crippen LogP contribution in [0.25, 0.3) is 0 Å². The van der Waals surface area contributed by atoms with Crippen molar-refractivity contribution in [1.29, 1.82) is 0 Å². The topological polar surface area (TPSA) is 31.0 Å². The molecule has 2 fully saturated rings. The fourth-order valence-electron chi connectivity index (χ4n) is 4.21. The number of hydrogen-bond acceptors (Lipinski definition) is 3. The average molecular weight is 415 g/mol. The lowest BCUT2D eigenvalue weighted by molar-refractivity contribution is 0.0164. The zero-order valence-corrected chi connectivity index (χ0v) is 22.4. The normalized spacial score (nSPS) is 34.3. The quantitative estimate of drug-likeness (QED) is 0.368. The molecule has 0 amide bonds. The van der Waals surface area contributed by atoms with Crippen LogP contribution in [0.3, 0.4) is 0 Å². The van der Waals surface area contributed by atoms with E-state index < -0.39 is 16.6 Å². The summed E-state index contributed by atoms with van der Waals surface area (Å²) in [5, 5.41) is 0.462. The Bertz CT molecular complexity index is 571. The SMILES string of the molecule is CC1(C)C[C@H](O[Si](C)(C)C(C)(C)C)C[C@@]2(C)O[C@@]12CO[Si](C)(C)C(C)(C)C. The molecular formula is C22H46O3Si2. The molecular weight excluding hydrogens is 368 g/mol. The average Bonchev–Trinajstić information content (AvgIpc) is 3.00. The van der Waals surface area contributed by atoms with Crippen LogP contribution in [0.5, 0.6) is 0 Å². The van der Waals surface area contributed by atoms with Crippen LogP contribution in [0.1, 0.15) is 75.2 Å². The summed E-state index contributed by atoms with van der Waals surface area (Å²) < 4.78 is 20.0. The van der Waals surface area contributed by atoms with Gasteiger partial charge < -0.3 is 13.6 Å². The Hall–Kier alpha value is 0.314. The second-order valence-electron chi connectivity index (χ2n) is 13.0. The summed E-state index contributed by atoms with van der Waals surface area (Å²) in [7, 11) is -3.57. The Morgan fingerprint density at radius 1 is 0.852 bits per heavy atom. The standard InChI is InChI=1S/C22H46O3Si2/c1-18(2,3)26(10,11)23-16-22-20(7,8)14-17(15-21(22,9)25-22)24-27(12,13)19(4,5)6/h17H,14-16H2,1-13H3/t17-,21+,22-/m0/s1. The summed E-state index contributed by atoms with van der Waals surface area (Å²) in [5.74, 6) is 0. The molecule has 160 valence electrons. The van der Waals surface area contributed by atoms with E-state index >= 15 is 0 Å². The van der Waals surface area contributed by atoms with Crippen LogP contribution in [0, 0.1) is 5.41 Å². The molecule has 5 heteroatoms. The van der Waals surface area contributed by atoms with Crippen molar-refractivity contribution in [2.24, 2.45) is 5.41 Å². The summed E-state index contributed by atoms with van der Waals surface area (Å²) in [6, 6.07) is 0. The maximum absolute atomic E-state index is 6.81. The summed E-state index contributed by atoms with van der Waals surface area (Å²) in [4.78, 5) is 0. The molecule has 0 aromatic heterocycles. The minimum Gasteiger partial charge on any atom is -0.414 e. The molecule has 0 aromatic carbocycles. The number of hydrogen-bond donors (Lipinski definition) is 0. The van der Waals surface area contributed by atoms with E-state index in [2.05, 4.69) is 88.5 Å². The fourth-order valence-corrected chi connectivity index (χ4v) is 6.56. The van der Waals surface area contributed by atoms with Crippen molar-refractivity contribution in [1.82, 2.24) is 0 Å². The van der Waals surface area contributed by atoms with Gasteiger partial charge in [-0.15, -0.1) is 0 Å². The number of epoxide rings is 1. The van der Waals surface area contributed by atoms with Gasteiger partial charge in [0.25, 0.3) is 0 Å². The van der Waals surface area contributed by atoms with Gasteiger partial charge in [-0.2, -0.15) is 0 Å². The summed E-state index contributed by atoms with van der Waals surface area (Å²) >= 11 is 0. The van der Waals surface area contributed by atoms with Crippen LogP contribution in [0.15, 0.2) is 0 Å². The van der Waals surface area contributed by atoms with Crippen molar-refractivity contribution in [3.8, 4) is 0 Å². The first kappa shape index (κ1) is 23.6. The van der Waals surface area contributed by atoms with E-state index in [1.807, 2.05) is 0 Å². The monoisotopic (exact) mass is 414 g/mol. The first-order chi connectivity index (χ1) is 11.7. The highest BCUT2D eigenvalue weighted by Gasteiger charge is 2.76. The molecule has 0 spiro atoms. The third-order valence-electron chi connectivity index (χ3n) is 8.37. The molecule has 1 aliphatic heterocycles. The molecule has 3 atom stereocenters. The molecule has 2 aliphatic rings. The maximum Gasteiger partial charge on any atom is 0.192 e. The summed E-state index contributed by atoms with van der Waals surface area (Å²) in [6.45, 7) is 31.0. The Kier molecular flexibility index (Phi) is 5.60. The Morgan fingerprint density at radius 2 is 1.33 bits per heavy atom. The predicted molar refractivity (Wildman–Crippen MR) is 120 cm³/mol. The first-order valence-electron chi connectivity index (χ1n) is 10.7. The van der Waals surface area contributed by atoms with Crippen molar-refractivity contribution < 1.29 is 13.6 Å². The van der Waals surface area contributed by atoms with Crippen molar-refractivity contribution in [3.05, 3.63) is 0 Å². The zero-order valence-electron chi connectivity index (χ0n) is 20.4. The van der Waals surface area contributed by atoms with Gasteiger partial charge >= 0.3 is 0 Å². The van der Waals surface area contributed by atoms with Gasteiger partial charge in [0.1, 0.15) is 11.2 Å². The Balaban J connectivity index is 2.15. The van der Waals surface area contributed by atoms with E-state index in [0.717, 1.165) is 19.4 Å². The highest BCUT2D eigenvalue weighted by atomic mass is 28.4. The lowest BCUT2D eigenvalue weighted by Gasteiger charge is -2.47. The van der Waals surface area contributed by atoms with Crippen molar-refractivity contribution in [2.45, 2.75) is 129 Å². The smallest absolute Gasteiger partial charge is 0.192 e. The van der Waals surface area contributed by atoms with Crippen LogP contribution in [-0.4, -0.2) is 40.5 Å². The van der Waals surface area contributed by atoms with Gasteiger partial charge in [0, 0.05) is 17.9 Å². The fraction of sp³-hybridized carbons (Fsp3) is 1.00. The lowest BCUT2D eigenvalue weighted by atomic mass is 9.63. The minimum absolute atomic E-state index is 0.0510. The van der Waals surface area contributed by atoms with E-state index in [0.29, 0.717) is 0 Å². The Labute approximate surface area is 171 Å². The molecule has 1 aliphatic carbocycles. The molecule has 0 radical (unpaired) electrons. The summed E-state index contributed by atoms with van der Waals surface area (Å²) in [6.07, 6.45) is 2.33. The van der Waals surface area contributed by atoms with Crippen LogP contribution in [0.2, 0.25) is 36.3 Å². The first-order valence-corrected chi connectivity index (χ1v) is 16.5. The van der Waals surface area contributed by atoms with E-state index in [9.17, 15) is 0 Å². The van der Waals surface area contributed by atoms with Gasteiger partial charge in [0.15, 0.2) is 16.6 Å². The molecule has 0 aromatic rings. The highest BCUT2D eigenvalue weighted by Crippen LogP contribution is 2.66. The van der Waals surface area contributed by atoms with Gasteiger partial charge in [-0.3, -0.25) is 0 Å². The zero-order chi connectivity index (χ0) is 21.3. The third kappa shape index (κ3) is 4.01. The van der Waals surface area contributed by atoms with Crippen LogP contribution >= 0.6 is 0 Å². The van der Waals surface area contributed by atoms with E-state index in [1.54, 1.807) is 0 Å². The van der Waals surface area contributed by atoms with E-state index in [1.165, 1.54) is 0 Å². The van der Waals surface area contributed by atoms with Crippen LogP contribution in [0.4, 0.5) is 0 Å². The molecule has 27 heavy (non-hydrogen) atoms. The maximum atomic E-state index is 6.81. The van der Waals surface area contributed by atoms with Gasteiger partial charge in [-0.25, -0.2) is 0 Å². The number of fused-ring (bicyclic) bond motifs is 1. The van der Waals surface area contributed by atoms with Gasteiger partial charge in [0.05, 0.1) is 6.61 Å². The number of rotatable bonds is 5. The largest absolute Gasteiger partial charge is 0.414 e. The molecule has 1 heterocycles. The van der Waals surface area contributed by atoms with Crippen molar-refractivity contribution in [3.63, 3.8) is 0 Å². The minimum atomic E-state index is -1.79. The van der Waals surface area contributed by atoms with E-state index in [4.69, 9.17) is 13.6 Å². The lowest BCUT2D eigenvalue weighted by Crippen LogP contribution is -2.55. The van der Waals surface area contributed by atoms with Gasteiger partial charge in [-0.05, 0) is 49.6 Å². The molecule has 0 bridgehead atoms. The van der Waals surface area contributed by atoms with Crippen LogP contribution < -0.4 is 0 Å². The Morgan fingerprint density at radius 3 is 1.74 bits per heavy atom. The molecule has 2 rings (SSSR count). The second-order valence-corrected chi connectivity index (χ2v) is 22.6. The molecule has 0 N–H and O–H groups in total. The molecule has 1 saturated carbocycles. The van der Waals surface area contributed by atoms with Gasteiger partial charge in [-0.1, -0.05) is 55.4 Å². The third-order valence-corrected chi connectivity index (χ3v) is 17.4. The van der Waals surface area contributed by atoms with Crippen LogP contribution in [-0.2, 0) is 13.6 Å². The second kappa shape index (κ2) is 6.40.